The molecule has 2 fully saturated rings. The van der Waals surface area contributed by atoms with Crippen molar-refractivity contribution in [3.05, 3.63) is 0 Å². The van der Waals surface area contributed by atoms with E-state index in [9.17, 15) is 61.5 Å². The largest absolute Gasteiger partial charge is 0.437 e. The average molecular weight is 566 g/mol. The van der Waals surface area contributed by atoms with Crippen molar-refractivity contribution in [2.45, 2.75) is 99.4 Å². The lowest BCUT2D eigenvalue weighted by molar-refractivity contribution is -0.437. The van der Waals surface area contributed by atoms with E-state index < -0.39 is 98.7 Å². The number of hydrogen-bond acceptors (Lipinski definition) is 4. The maximum Gasteiger partial charge on any atom is 0.437 e. The van der Waals surface area contributed by atoms with Crippen molar-refractivity contribution in [3.63, 3.8) is 0 Å². The van der Waals surface area contributed by atoms with Gasteiger partial charge in [0.15, 0.2) is 5.79 Å². The summed E-state index contributed by atoms with van der Waals surface area (Å²) in [6.45, 7) is -0.554. The Morgan fingerprint density at radius 2 is 1.14 bits per heavy atom. The summed E-state index contributed by atoms with van der Waals surface area (Å²) in [4.78, 5) is 0. The number of halogens is 14. The van der Waals surface area contributed by atoms with Crippen molar-refractivity contribution in [2.75, 3.05) is 13.2 Å². The maximum atomic E-state index is 14.7. The first kappa shape index (κ1) is 31.1. The molecule has 4 nitrogen and oxygen atoms in total. The highest BCUT2D eigenvalue weighted by Gasteiger charge is 2.84. The SMILES string of the molecule is CC1CCC(OCCOC2(C)CCC(C(F)(C(F)(F)F)C(F)(F)F)O2)(C(F)(C(F)(F)F)C(F)(F)F)O1. The first-order chi connectivity index (χ1) is 15.9. The lowest BCUT2D eigenvalue weighted by Gasteiger charge is -2.43. The minimum atomic E-state index is -6.55. The molecule has 0 bridgehead atoms. The average Bonchev–Trinajstić information content (AvgIpc) is 3.24. The summed E-state index contributed by atoms with van der Waals surface area (Å²) in [7, 11) is 0. The van der Waals surface area contributed by atoms with Crippen molar-refractivity contribution in [1.29, 1.82) is 0 Å². The summed E-state index contributed by atoms with van der Waals surface area (Å²) in [5.74, 6) is -6.27. The molecule has 0 spiro atoms. The van der Waals surface area contributed by atoms with Gasteiger partial charge in [0, 0.05) is 12.8 Å². The van der Waals surface area contributed by atoms with Gasteiger partial charge >= 0.3 is 36.0 Å². The Balaban J connectivity index is 2.15. The number of rotatable bonds is 7. The zero-order chi connectivity index (χ0) is 28.2. The fourth-order valence-electron chi connectivity index (χ4n) is 4.08. The van der Waals surface area contributed by atoms with Crippen molar-refractivity contribution in [2.24, 2.45) is 0 Å². The van der Waals surface area contributed by atoms with E-state index in [1.807, 2.05) is 0 Å². The van der Waals surface area contributed by atoms with E-state index in [4.69, 9.17) is 4.74 Å². The number of ether oxygens (including phenoxy) is 4. The highest BCUT2D eigenvalue weighted by atomic mass is 19.4. The molecule has 0 N–H and O–H groups in total. The Bertz CT molecular complexity index is 748. The second-order valence-electron chi connectivity index (χ2n) is 8.56. The molecule has 214 valence electrons. The highest BCUT2D eigenvalue weighted by Crippen LogP contribution is 2.58. The van der Waals surface area contributed by atoms with E-state index in [0.29, 0.717) is 0 Å². The molecule has 0 amide bonds. The third kappa shape index (κ3) is 5.10. The Morgan fingerprint density at radius 3 is 1.53 bits per heavy atom. The summed E-state index contributed by atoms with van der Waals surface area (Å²) < 4.78 is 204. The van der Waals surface area contributed by atoms with Crippen molar-refractivity contribution in [3.8, 4) is 0 Å². The molecule has 0 saturated carbocycles. The van der Waals surface area contributed by atoms with Crippen LogP contribution in [0.1, 0.15) is 39.5 Å². The van der Waals surface area contributed by atoms with Gasteiger partial charge in [0.2, 0.25) is 5.79 Å². The lowest BCUT2D eigenvalue weighted by Crippen LogP contribution is -2.69. The van der Waals surface area contributed by atoms with E-state index in [0.717, 1.165) is 13.8 Å². The summed E-state index contributed by atoms with van der Waals surface area (Å²) in [6.07, 6.45) is -34.0. The number of hydrogen-bond donors (Lipinski definition) is 0. The zero-order valence-electron chi connectivity index (χ0n) is 18.3. The first-order valence-electron chi connectivity index (χ1n) is 10.2. The molecular formula is C18H20F14O4. The smallest absolute Gasteiger partial charge is 0.348 e. The molecule has 36 heavy (non-hydrogen) atoms. The van der Waals surface area contributed by atoms with Crippen LogP contribution in [0.4, 0.5) is 61.5 Å². The molecule has 2 aliphatic heterocycles. The second kappa shape index (κ2) is 9.25. The highest BCUT2D eigenvalue weighted by molar-refractivity contribution is 5.09. The van der Waals surface area contributed by atoms with Crippen LogP contribution < -0.4 is 0 Å². The van der Waals surface area contributed by atoms with Crippen LogP contribution in [0.5, 0.6) is 0 Å². The van der Waals surface area contributed by atoms with Gasteiger partial charge in [0.05, 0.1) is 19.3 Å². The van der Waals surface area contributed by atoms with E-state index in [1.54, 1.807) is 0 Å². The van der Waals surface area contributed by atoms with Crippen LogP contribution >= 0.6 is 0 Å². The van der Waals surface area contributed by atoms with Gasteiger partial charge < -0.3 is 18.9 Å². The van der Waals surface area contributed by atoms with Gasteiger partial charge in [-0.2, -0.15) is 52.7 Å². The van der Waals surface area contributed by atoms with Gasteiger partial charge in [0.25, 0.3) is 0 Å². The van der Waals surface area contributed by atoms with Crippen LogP contribution in [-0.4, -0.2) is 73.0 Å². The predicted octanol–water partition coefficient (Wildman–Crippen LogP) is 6.48. The van der Waals surface area contributed by atoms with Crippen LogP contribution in [0.25, 0.3) is 0 Å². The van der Waals surface area contributed by atoms with Crippen LogP contribution in [0, 0.1) is 0 Å². The van der Waals surface area contributed by atoms with E-state index in [1.165, 1.54) is 0 Å². The maximum absolute atomic E-state index is 14.7. The third-order valence-electron chi connectivity index (χ3n) is 5.92. The Morgan fingerprint density at radius 1 is 0.667 bits per heavy atom. The molecule has 2 rings (SSSR count). The zero-order valence-corrected chi connectivity index (χ0v) is 18.3. The Labute approximate surface area is 194 Å². The fourth-order valence-corrected chi connectivity index (χ4v) is 4.08. The van der Waals surface area contributed by atoms with Crippen molar-refractivity contribution < 1.29 is 80.4 Å². The van der Waals surface area contributed by atoms with Gasteiger partial charge in [-0.3, -0.25) is 0 Å². The predicted molar refractivity (Wildman–Crippen MR) is 88.8 cm³/mol. The molecule has 4 unspecified atom stereocenters. The lowest BCUT2D eigenvalue weighted by atomic mass is 9.90. The molecule has 18 heteroatoms. The molecule has 2 aliphatic rings. The minimum absolute atomic E-state index is 0.478. The van der Waals surface area contributed by atoms with Crippen LogP contribution in [-0.2, 0) is 18.9 Å². The number of alkyl halides is 14. The first-order valence-corrected chi connectivity index (χ1v) is 10.2. The summed E-state index contributed by atoms with van der Waals surface area (Å²) in [5, 5.41) is 0. The standard InChI is InChI=1S/C18H20F14O4/c1-9-3-6-12(35-9,14(20,17(27,28)29)18(30,31)32)34-8-7-33-11(2)5-4-10(36-11)13(19,15(21,22)23)16(24,25)26/h9-10H,3-8H2,1-2H3. The second-order valence-corrected chi connectivity index (χ2v) is 8.56. The van der Waals surface area contributed by atoms with Crippen molar-refractivity contribution >= 4 is 0 Å². The van der Waals surface area contributed by atoms with Gasteiger partial charge in [0.1, 0.15) is 6.10 Å². The van der Waals surface area contributed by atoms with Crippen molar-refractivity contribution in [1.82, 2.24) is 0 Å². The van der Waals surface area contributed by atoms with Crippen LogP contribution in [0.3, 0.4) is 0 Å². The van der Waals surface area contributed by atoms with E-state index in [2.05, 4.69) is 14.2 Å². The van der Waals surface area contributed by atoms with Gasteiger partial charge in [-0.15, -0.1) is 0 Å². The molecule has 0 radical (unpaired) electrons. The van der Waals surface area contributed by atoms with E-state index >= 15 is 0 Å². The van der Waals surface area contributed by atoms with Crippen LogP contribution in [0.15, 0.2) is 0 Å². The Kier molecular flexibility index (Phi) is 7.99. The molecule has 2 saturated heterocycles. The minimum Gasteiger partial charge on any atom is -0.348 e. The molecule has 4 atom stereocenters. The molecule has 0 aromatic heterocycles. The molecular weight excluding hydrogens is 546 g/mol. The fraction of sp³-hybridized carbons (Fsp3) is 1.00. The van der Waals surface area contributed by atoms with Gasteiger partial charge in [-0.1, -0.05) is 0 Å². The monoisotopic (exact) mass is 566 g/mol. The molecule has 2 heterocycles. The topological polar surface area (TPSA) is 36.9 Å². The van der Waals surface area contributed by atoms with Gasteiger partial charge in [-0.25, -0.2) is 8.78 Å². The van der Waals surface area contributed by atoms with E-state index in [-0.39, 0.29) is 0 Å². The van der Waals surface area contributed by atoms with Gasteiger partial charge in [-0.05, 0) is 26.7 Å². The Hall–Kier alpha value is -1.14. The molecule has 0 aliphatic carbocycles. The molecule has 0 aromatic rings. The summed E-state index contributed by atoms with van der Waals surface area (Å²) in [6, 6.07) is 0. The van der Waals surface area contributed by atoms with Crippen LogP contribution in [0.2, 0.25) is 0 Å². The summed E-state index contributed by atoms with van der Waals surface area (Å²) >= 11 is 0. The quantitative estimate of drug-likeness (QED) is 0.262. The normalized spacial score (nSPS) is 31.3. The third-order valence-corrected chi connectivity index (χ3v) is 5.92. The molecule has 0 aromatic carbocycles. The summed E-state index contributed by atoms with van der Waals surface area (Å²) in [5.41, 5.74) is -11.8.